The van der Waals surface area contributed by atoms with Crippen molar-refractivity contribution in [2.45, 2.75) is 6.42 Å². The van der Waals surface area contributed by atoms with Gasteiger partial charge < -0.3 is 25.1 Å². The first-order valence-corrected chi connectivity index (χ1v) is 5.14. The van der Waals surface area contributed by atoms with Crippen LogP contribution in [0.4, 0.5) is 5.69 Å². The van der Waals surface area contributed by atoms with Crippen molar-refractivity contribution in [1.29, 1.82) is 0 Å². The van der Waals surface area contributed by atoms with Gasteiger partial charge in [-0.05, 0) is 0 Å². The molecule has 1 aliphatic heterocycles. The zero-order chi connectivity index (χ0) is 12.4. The Labute approximate surface area is 97.9 Å². The summed E-state index contributed by atoms with van der Waals surface area (Å²) in [6.07, 6.45) is 0.690. The van der Waals surface area contributed by atoms with E-state index in [9.17, 15) is 9.90 Å². The van der Waals surface area contributed by atoms with Crippen LogP contribution < -0.4 is 15.2 Å². The molecule has 1 aliphatic rings. The van der Waals surface area contributed by atoms with E-state index in [1.54, 1.807) is 0 Å². The highest BCUT2D eigenvalue weighted by Gasteiger charge is 2.26. The SMILES string of the molecule is COC(=O)c1c(O)c(N)cc2c1OCCCO2. The van der Waals surface area contributed by atoms with Gasteiger partial charge in [0.05, 0.1) is 26.0 Å². The molecule has 0 fully saturated rings. The second kappa shape index (κ2) is 4.40. The number of ether oxygens (including phenoxy) is 3. The Morgan fingerprint density at radius 3 is 2.88 bits per heavy atom. The van der Waals surface area contributed by atoms with Crippen LogP contribution in [0.3, 0.4) is 0 Å². The molecule has 0 aliphatic carbocycles. The van der Waals surface area contributed by atoms with E-state index in [0.29, 0.717) is 25.4 Å². The summed E-state index contributed by atoms with van der Waals surface area (Å²) in [7, 11) is 1.22. The largest absolute Gasteiger partial charge is 0.505 e. The van der Waals surface area contributed by atoms with Gasteiger partial charge in [-0.1, -0.05) is 0 Å². The fourth-order valence-electron chi connectivity index (χ4n) is 1.61. The number of methoxy groups -OCH3 is 1. The second-order valence-electron chi connectivity index (χ2n) is 3.56. The van der Waals surface area contributed by atoms with Gasteiger partial charge in [0.1, 0.15) is 5.56 Å². The van der Waals surface area contributed by atoms with Crippen LogP contribution in [-0.4, -0.2) is 31.4 Å². The molecule has 92 valence electrons. The molecule has 0 bridgehead atoms. The number of hydrogen-bond acceptors (Lipinski definition) is 6. The van der Waals surface area contributed by atoms with Gasteiger partial charge in [0.15, 0.2) is 17.2 Å². The zero-order valence-corrected chi connectivity index (χ0v) is 9.36. The molecule has 0 radical (unpaired) electrons. The summed E-state index contributed by atoms with van der Waals surface area (Å²) >= 11 is 0. The van der Waals surface area contributed by atoms with Crippen molar-refractivity contribution >= 4 is 11.7 Å². The number of aromatic hydroxyl groups is 1. The van der Waals surface area contributed by atoms with Crippen molar-refractivity contribution in [3.8, 4) is 17.2 Å². The molecule has 0 saturated carbocycles. The van der Waals surface area contributed by atoms with Crippen LogP contribution in [0.15, 0.2) is 6.07 Å². The third kappa shape index (κ3) is 1.93. The van der Waals surface area contributed by atoms with Crippen LogP contribution >= 0.6 is 0 Å². The number of nitrogen functional groups attached to an aromatic ring is 1. The molecule has 17 heavy (non-hydrogen) atoms. The van der Waals surface area contributed by atoms with Gasteiger partial charge in [0.25, 0.3) is 0 Å². The fourth-order valence-corrected chi connectivity index (χ4v) is 1.61. The van der Waals surface area contributed by atoms with Crippen molar-refractivity contribution in [1.82, 2.24) is 0 Å². The normalized spacial score (nSPS) is 13.9. The van der Waals surface area contributed by atoms with Crippen molar-refractivity contribution in [3.05, 3.63) is 11.6 Å². The summed E-state index contributed by atoms with van der Waals surface area (Å²) in [6.45, 7) is 0.873. The molecule has 0 atom stereocenters. The standard InChI is InChI=1S/C11H13NO5/c1-15-11(14)8-9(13)6(12)5-7-10(8)17-4-2-3-16-7/h5,13H,2-4,12H2,1H3. The molecule has 0 saturated heterocycles. The summed E-state index contributed by atoms with van der Waals surface area (Å²) in [6, 6.07) is 1.43. The minimum atomic E-state index is -0.712. The first kappa shape index (κ1) is 11.4. The Morgan fingerprint density at radius 2 is 2.18 bits per heavy atom. The van der Waals surface area contributed by atoms with E-state index >= 15 is 0 Å². The molecule has 1 aromatic rings. The lowest BCUT2D eigenvalue weighted by atomic mass is 10.1. The molecule has 0 unspecified atom stereocenters. The van der Waals surface area contributed by atoms with Gasteiger partial charge in [0.2, 0.25) is 0 Å². The molecule has 6 heteroatoms. The summed E-state index contributed by atoms with van der Waals surface area (Å²) in [5.74, 6) is -0.531. The van der Waals surface area contributed by atoms with Crippen LogP contribution in [0.5, 0.6) is 17.2 Å². The Bertz CT molecular complexity index is 458. The number of fused-ring (bicyclic) bond motifs is 1. The minimum Gasteiger partial charge on any atom is -0.505 e. The van der Waals surface area contributed by atoms with Crippen molar-refractivity contribution in [3.63, 3.8) is 0 Å². The maximum atomic E-state index is 11.6. The van der Waals surface area contributed by atoms with E-state index in [1.165, 1.54) is 13.2 Å². The van der Waals surface area contributed by atoms with E-state index in [0.717, 1.165) is 0 Å². The highest BCUT2D eigenvalue weighted by Crippen LogP contribution is 2.42. The van der Waals surface area contributed by atoms with Gasteiger partial charge in [-0.25, -0.2) is 4.79 Å². The van der Waals surface area contributed by atoms with Crippen molar-refractivity contribution in [2.75, 3.05) is 26.1 Å². The fraction of sp³-hybridized carbons (Fsp3) is 0.364. The Morgan fingerprint density at radius 1 is 1.47 bits per heavy atom. The molecular weight excluding hydrogens is 226 g/mol. The quantitative estimate of drug-likeness (QED) is 0.430. The molecule has 0 aromatic heterocycles. The van der Waals surface area contributed by atoms with Crippen molar-refractivity contribution < 1.29 is 24.1 Å². The highest BCUT2D eigenvalue weighted by molar-refractivity contribution is 5.98. The lowest BCUT2D eigenvalue weighted by Gasteiger charge is -2.14. The lowest BCUT2D eigenvalue weighted by molar-refractivity contribution is 0.0592. The second-order valence-corrected chi connectivity index (χ2v) is 3.56. The van der Waals surface area contributed by atoms with Gasteiger partial charge in [-0.15, -0.1) is 0 Å². The molecule has 2 rings (SSSR count). The predicted octanol–water partition coefficient (Wildman–Crippen LogP) is 0.922. The number of phenols is 1. The van der Waals surface area contributed by atoms with Crippen LogP contribution in [-0.2, 0) is 4.74 Å². The van der Waals surface area contributed by atoms with Crippen LogP contribution in [0, 0.1) is 0 Å². The van der Waals surface area contributed by atoms with Gasteiger partial charge >= 0.3 is 5.97 Å². The minimum absolute atomic E-state index is 0.0506. The first-order valence-electron chi connectivity index (χ1n) is 5.14. The number of phenolic OH excluding ortho intramolecular Hbond substituents is 1. The summed E-state index contributed by atoms with van der Waals surface area (Å²) in [5.41, 5.74) is 5.55. The molecular formula is C11H13NO5. The maximum Gasteiger partial charge on any atom is 0.345 e. The number of nitrogens with two attached hydrogens (primary N) is 1. The van der Waals surface area contributed by atoms with Gasteiger partial charge in [-0.2, -0.15) is 0 Å². The van der Waals surface area contributed by atoms with E-state index < -0.39 is 5.97 Å². The number of carbonyl (C=O) groups is 1. The number of esters is 1. The average Bonchev–Trinajstić information content (AvgIpc) is 2.55. The highest BCUT2D eigenvalue weighted by atomic mass is 16.5. The van der Waals surface area contributed by atoms with Crippen LogP contribution in [0.1, 0.15) is 16.8 Å². The van der Waals surface area contributed by atoms with Crippen LogP contribution in [0.2, 0.25) is 0 Å². The zero-order valence-electron chi connectivity index (χ0n) is 9.36. The summed E-state index contributed by atoms with van der Waals surface area (Å²) in [5, 5.41) is 9.79. The first-order chi connectivity index (χ1) is 8.15. The molecule has 1 heterocycles. The molecule has 1 aromatic carbocycles. The summed E-state index contributed by atoms with van der Waals surface area (Å²) in [4.78, 5) is 11.6. The third-order valence-corrected chi connectivity index (χ3v) is 2.43. The molecule has 0 amide bonds. The number of anilines is 1. The summed E-state index contributed by atoms with van der Waals surface area (Å²) < 4.78 is 15.4. The van der Waals surface area contributed by atoms with Gasteiger partial charge in [0, 0.05) is 12.5 Å². The van der Waals surface area contributed by atoms with Crippen LogP contribution in [0.25, 0.3) is 0 Å². The van der Waals surface area contributed by atoms with E-state index in [2.05, 4.69) is 4.74 Å². The molecule has 0 spiro atoms. The average molecular weight is 239 g/mol. The molecule has 3 N–H and O–H groups in total. The van der Waals surface area contributed by atoms with E-state index in [4.69, 9.17) is 15.2 Å². The van der Waals surface area contributed by atoms with E-state index in [1.807, 2.05) is 0 Å². The third-order valence-electron chi connectivity index (χ3n) is 2.43. The van der Waals surface area contributed by atoms with E-state index in [-0.39, 0.29) is 22.7 Å². The van der Waals surface area contributed by atoms with Crippen molar-refractivity contribution in [2.24, 2.45) is 0 Å². The number of rotatable bonds is 1. The Kier molecular flexibility index (Phi) is 2.95. The number of hydrogen-bond donors (Lipinski definition) is 2. The topological polar surface area (TPSA) is 91.0 Å². The predicted molar refractivity (Wildman–Crippen MR) is 59.5 cm³/mol. The maximum absolute atomic E-state index is 11.6. The lowest BCUT2D eigenvalue weighted by Crippen LogP contribution is -2.07. The molecule has 6 nitrogen and oxygen atoms in total. The Hall–Kier alpha value is -2.11. The Balaban J connectivity index is 2.61. The smallest absolute Gasteiger partial charge is 0.345 e. The van der Waals surface area contributed by atoms with Gasteiger partial charge in [-0.3, -0.25) is 0 Å². The number of benzene rings is 1. The number of carbonyl (C=O) groups excluding carboxylic acids is 1. The monoisotopic (exact) mass is 239 g/mol.